The first-order chi connectivity index (χ1) is 17.4. The van der Waals surface area contributed by atoms with Gasteiger partial charge >= 0.3 is 5.97 Å². The van der Waals surface area contributed by atoms with E-state index in [9.17, 15) is 45.0 Å². The highest BCUT2D eigenvalue weighted by molar-refractivity contribution is 5.96. The Hall–Kier alpha value is -4.92. The van der Waals surface area contributed by atoms with Gasteiger partial charge in [-0.2, -0.15) is 0 Å². The van der Waals surface area contributed by atoms with Crippen molar-refractivity contribution in [3.05, 3.63) is 82.7 Å². The number of pyridine rings is 1. The van der Waals surface area contributed by atoms with E-state index < -0.39 is 48.8 Å². The maximum absolute atomic E-state index is 13.0. The van der Waals surface area contributed by atoms with Crippen molar-refractivity contribution < 1.29 is 24.7 Å². The van der Waals surface area contributed by atoms with Crippen molar-refractivity contribution in [2.24, 2.45) is 0 Å². The van der Waals surface area contributed by atoms with Crippen LogP contribution in [0.2, 0.25) is 0 Å². The lowest BCUT2D eigenvalue weighted by Gasteiger charge is -2.38. The van der Waals surface area contributed by atoms with Gasteiger partial charge in [0.1, 0.15) is 16.9 Å². The Kier molecular flexibility index (Phi) is 6.31. The van der Waals surface area contributed by atoms with Gasteiger partial charge in [-0.25, -0.2) is 4.79 Å². The maximum atomic E-state index is 13.0. The van der Waals surface area contributed by atoms with Crippen molar-refractivity contribution in [3.63, 3.8) is 0 Å². The number of likely N-dealkylation sites (N-methyl/N-ethyl adjacent to an activating group) is 1. The van der Waals surface area contributed by atoms with E-state index in [4.69, 9.17) is 0 Å². The second-order valence-corrected chi connectivity index (χ2v) is 8.63. The zero-order valence-corrected chi connectivity index (χ0v) is 19.6. The third-order valence-corrected chi connectivity index (χ3v) is 6.45. The molecule has 1 unspecified atom stereocenters. The number of anilines is 1. The fraction of sp³-hybridized carbons (Fsp3) is 0.273. The molecule has 2 aromatic carbocycles. The van der Waals surface area contributed by atoms with E-state index in [2.05, 4.69) is 4.90 Å². The highest BCUT2D eigenvalue weighted by atomic mass is 16.6. The molecule has 1 saturated heterocycles. The van der Waals surface area contributed by atoms with Gasteiger partial charge in [0.25, 0.3) is 17.1 Å². The second kappa shape index (κ2) is 9.27. The quantitative estimate of drug-likeness (QED) is 0.376. The number of carbonyl (C=O) groups is 1. The molecule has 3 aromatic rings. The van der Waals surface area contributed by atoms with Crippen LogP contribution in [0.5, 0.6) is 0 Å². The highest BCUT2D eigenvalue weighted by Crippen LogP contribution is 2.36. The lowest BCUT2D eigenvalue weighted by Crippen LogP contribution is -2.50. The van der Waals surface area contributed by atoms with Crippen molar-refractivity contribution in [2.75, 3.05) is 31.6 Å². The van der Waals surface area contributed by atoms with Gasteiger partial charge in [-0.3, -0.25) is 35.1 Å². The van der Waals surface area contributed by atoms with Crippen LogP contribution in [-0.4, -0.2) is 68.0 Å². The third-order valence-electron chi connectivity index (χ3n) is 6.45. The minimum Gasteiger partial charge on any atom is -0.477 e. The van der Waals surface area contributed by atoms with Crippen LogP contribution in [0.1, 0.15) is 17.3 Å². The van der Waals surface area contributed by atoms with Gasteiger partial charge in [0, 0.05) is 44.0 Å². The molecule has 1 aliphatic heterocycles. The summed E-state index contributed by atoms with van der Waals surface area (Å²) < 4.78 is 1.05. The standard InChI is InChI=1S/C22H20N6O9/c1-12-10-24(6-5-23(12)2)18-9-17-14(8-20(18)28(36)37)21(29)15(22(30)31)11-25(17)16-4-3-13(26(32)33)7-19(16)27(34)35/h3-4,7-9,11-12H,5-6,10H2,1-2H3,(H,30,31). The molecule has 15 nitrogen and oxygen atoms in total. The molecule has 4 rings (SSSR count). The first kappa shape index (κ1) is 25.2. The molecular formula is C22H20N6O9. The Morgan fingerprint density at radius 3 is 2.19 bits per heavy atom. The Labute approximate surface area is 207 Å². The predicted molar refractivity (Wildman–Crippen MR) is 131 cm³/mol. The lowest BCUT2D eigenvalue weighted by molar-refractivity contribution is -0.394. The summed E-state index contributed by atoms with van der Waals surface area (Å²) in [7, 11) is 1.91. The van der Waals surface area contributed by atoms with Gasteiger partial charge in [0.2, 0.25) is 5.43 Å². The first-order valence-electron chi connectivity index (χ1n) is 10.9. The normalized spacial score (nSPS) is 16.1. The van der Waals surface area contributed by atoms with Crippen LogP contribution in [0.3, 0.4) is 0 Å². The Morgan fingerprint density at radius 1 is 0.973 bits per heavy atom. The molecule has 2 heterocycles. The van der Waals surface area contributed by atoms with Gasteiger partial charge in [-0.1, -0.05) is 0 Å². The van der Waals surface area contributed by atoms with Crippen LogP contribution in [0.25, 0.3) is 16.6 Å². The molecule has 1 atom stereocenters. The molecule has 1 fully saturated rings. The van der Waals surface area contributed by atoms with E-state index in [-0.39, 0.29) is 28.3 Å². The smallest absolute Gasteiger partial charge is 0.341 e. The van der Waals surface area contributed by atoms with Crippen molar-refractivity contribution in [3.8, 4) is 5.69 Å². The number of aromatic nitrogens is 1. The van der Waals surface area contributed by atoms with Crippen molar-refractivity contribution in [1.29, 1.82) is 0 Å². The minimum absolute atomic E-state index is 0.0286. The average molecular weight is 512 g/mol. The predicted octanol–water partition coefficient (Wildman–Crippen LogP) is 2.55. The number of nitrogens with zero attached hydrogens (tertiary/aromatic N) is 6. The third kappa shape index (κ3) is 4.42. The van der Waals surface area contributed by atoms with E-state index in [1.807, 2.05) is 14.0 Å². The number of hydrogen-bond acceptors (Lipinski definition) is 10. The number of carboxylic acids is 1. The Balaban J connectivity index is 2.10. The Morgan fingerprint density at radius 2 is 1.62 bits per heavy atom. The molecule has 0 radical (unpaired) electrons. The summed E-state index contributed by atoms with van der Waals surface area (Å²) in [6.45, 7) is 3.36. The number of piperazine rings is 1. The molecule has 15 heteroatoms. The van der Waals surface area contributed by atoms with E-state index in [1.165, 1.54) is 6.07 Å². The van der Waals surface area contributed by atoms with E-state index in [1.54, 1.807) is 4.90 Å². The van der Waals surface area contributed by atoms with Crippen LogP contribution < -0.4 is 10.3 Å². The SMILES string of the molecule is CC1CN(c2cc3c(cc2[N+](=O)[O-])c(=O)c(C(=O)O)cn3-c2ccc([N+](=O)[O-])cc2[N+](=O)[O-])CCN1C. The van der Waals surface area contributed by atoms with Crippen molar-refractivity contribution >= 4 is 39.6 Å². The topological polar surface area (TPSA) is 195 Å². The fourth-order valence-corrected chi connectivity index (χ4v) is 4.34. The number of non-ortho nitro benzene ring substituents is 1. The number of aromatic carboxylic acids is 1. The maximum Gasteiger partial charge on any atom is 0.341 e. The molecule has 37 heavy (non-hydrogen) atoms. The zero-order valence-electron chi connectivity index (χ0n) is 19.6. The first-order valence-corrected chi connectivity index (χ1v) is 10.9. The van der Waals surface area contributed by atoms with Crippen molar-refractivity contribution in [1.82, 2.24) is 9.47 Å². The molecular weight excluding hydrogens is 492 g/mol. The average Bonchev–Trinajstić information content (AvgIpc) is 2.84. The zero-order chi connectivity index (χ0) is 27.2. The molecule has 1 aliphatic rings. The number of nitro benzene ring substituents is 3. The summed E-state index contributed by atoms with van der Waals surface area (Å²) in [6.07, 6.45) is 0.878. The molecule has 1 aromatic heterocycles. The van der Waals surface area contributed by atoms with Crippen LogP contribution in [0.15, 0.2) is 41.3 Å². The van der Waals surface area contributed by atoms with Gasteiger partial charge in [-0.05, 0) is 26.1 Å². The minimum atomic E-state index is -1.65. The summed E-state index contributed by atoms with van der Waals surface area (Å²) in [5.41, 5.74) is -3.63. The number of rotatable bonds is 6. The molecule has 0 amide bonds. The molecule has 0 aliphatic carbocycles. The monoisotopic (exact) mass is 512 g/mol. The summed E-state index contributed by atoms with van der Waals surface area (Å²) in [4.78, 5) is 61.3. The summed E-state index contributed by atoms with van der Waals surface area (Å²) in [6, 6.07) is 5.11. The summed E-state index contributed by atoms with van der Waals surface area (Å²) >= 11 is 0. The second-order valence-electron chi connectivity index (χ2n) is 8.63. The number of hydrogen-bond donors (Lipinski definition) is 1. The van der Waals surface area contributed by atoms with E-state index >= 15 is 0 Å². The molecule has 1 N–H and O–H groups in total. The lowest BCUT2D eigenvalue weighted by atomic mass is 10.1. The van der Waals surface area contributed by atoms with Crippen LogP contribution in [0, 0.1) is 30.3 Å². The molecule has 192 valence electrons. The van der Waals surface area contributed by atoms with E-state index in [0.717, 1.165) is 29.0 Å². The van der Waals surface area contributed by atoms with Gasteiger partial charge < -0.3 is 19.5 Å². The van der Waals surface area contributed by atoms with Crippen LogP contribution >= 0.6 is 0 Å². The summed E-state index contributed by atoms with van der Waals surface area (Å²) in [5, 5.41) is 44.2. The molecule has 0 saturated carbocycles. The largest absolute Gasteiger partial charge is 0.477 e. The van der Waals surface area contributed by atoms with Gasteiger partial charge in [-0.15, -0.1) is 0 Å². The molecule has 0 spiro atoms. The van der Waals surface area contributed by atoms with Crippen LogP contribution in [-0.2, 0) is 0 Å². The number of fused-ring (bicyclic) bond motifs is 1. The van der Waals surface area contributed by atoms with E-state index in [0.29, 0.717) is 25.7 Å². The number of benzene rings is 2. The molecule has 0 bridgehead atoms. The van der Waals surface area contributed by atoms with Gasteiger partial charge in [0.15, 0.2) is 0 Å². The summed E-state index contributed by atoms with van der Waals surface area (Å²) in [5.74, 6) is -1.65. The number of nitro groups is 3. The van der Waals surface area contributed by atoms with Crippen molar-refractivity contribution in [2.45, 2.75) is 13.0 Å². The number of carboxylic acid groups (broad SMARTS) is 1. The van der Waals surface area contributed by atoms with Crippen LogP contribution in [0.4, 0.5) is 22.7 Å². The van der Waals surface area contributed by atoms with Gasteiger partial charge in [0.05, 0.1) is 31.7 Å². The fourth-order valence-electron chi connectivity index (χ4n) is 4.34. The highest BCUT2D eigenvalue weighted by Gasteiger charge is 2.30. The Bertz CT molecular complexity index is 1550.